The summed E-state index contributed by atoms with van der Waals surface area (Å²) in [7, 11) is 3.46. The molecule has 2 aromatic carbocycles. The Morgan fingerprint density at radius 3 is 2.74 bits per heavy atom. The van der Waals surface area contributed by atoms with Crippen molar-refractivity contribution in [3.05, 3.63) is 54.1 Å². The van der Waals surface area contributed by atoms with Crippen LogP contribution in [0.15, 0.2) is 47.7 Å². The van der Waals surface area contributed by atoms with Crippen LogP contribution in [-0.2, 0) is 19.5 Å². The fourth-order valence-corrected chi connectivity index (χ4v) is 2.95. The smallest absolute Gasteiger partial charge is 0.191 e. The molecule has 0 amide bonds. The molecule has 142 valence electrons. The number of aromatic nitrogens is 3. The Hall–Kier alpha value is -3.09. The van der Waals surface area contributed by atoms with Crippen LogP contribution in [0.4, 0.5) is 0 Å². The largest absolute Gasteiger partial charge is 0.497 e. The Balaban J connectivity index is 1.53. The van der Waals surface area contributed by atoms with Crippen molar-refractivity contribution in [3.63, 3.8) is 0 Å². The minimum Gasteiger partial charge on any atom is -0.497 e. The lowest BCUT2D eigenvalue weighted by atomic mass is 10.1. The third-order valence-corrected chi connectivity index (χ3v) is 4.45. The van der Waals surface area contributed by atoms with Crippen molar-refractivity contribution in [3.8, 4) is 5.75 Å². The summed E-state index contributed by atoms with van der Waals surface area (Å²) in [5.74, 6) is 2.64. The highest BCUT2D eigenvalue weighted by Gasteiger charge is 2.03. The van der Waals surface area contributed by atoms with E-state index < -0.39 is 0 Å². The van der Waals surface area contributed by atoms with E-state index >= 15 is 0 Å². The number of ether oxygens (including phenoxy) is 1. The molecule has 0 radical (unpaired) electrons. The van der Waals surface area contributed by atoms with Crippen LogP contribution in [0.2, 0.25) is 0 Å². The molecule has 0 unspecified atom stereocenters. The Morgan fingerprint density at radius 2 is 1.96 bits per heavy atom. The van der Waals surface area contributed by atoms with E-state index in [0.717, 1.165) is 37.0 Å². The highest BCUT2D eigenvalue weighted by molar-refractivity contribution is 5.85. The molecule has 3 aromatic rings. The van der Waals surface area contributed by atoms with Gasteiger partial charge in [-0.05, 0) is 34.5 Å². The minimum absolute atomic E-state index is 0.703. The van der Waals surface area contributed by atoms with Gasteiger partial charge in [0, 0.05) is 33.1 Å². The van der Waals surface area contributed by atoms with Gasteiger partial charge in [-0.2, -0.15) is 0 Å². The number of methoxy groups -OCH3 is 1. The SMILES string of the molecule is CCc1nncn1CCNC(=NC)NCc1ccc2cc(OC)ccc2c1. The van der Waals surface area contributed by atoms with Crippen LogP contribution in [0.3, 0.4) is 0 Å². The molecule has 0 fully saturated rings. The maximum atomic E-state index is 5.28. The second-order valence-electron chi connectivity index (χ2n) is 6.19. The van der Waals surface area contributed by atoms with Gasteiger partial charge in [0.05, 0.1) is 7.11 Å². The van der Waals surface area contributed by atoms with E-state index in [9.17, 15) is 0 Å². The number of fused-ring (bicyclic) bond motifs is 1. The van der Waals surface area contributed by atoms with Gasteiger partial charge in [-0.1, -0.05) is 25.1 Å². The minimum atomic E-state index is 0.703. The second kappa shape index (κ2) is 9.02. The van der Waals surface area contributed by atoms with Crippen molar-refractivity contribution in [1.82, 2.24) is 25.4 Å². The Morgan fingerprint density at radius 1 is 1.15 bits per heavy atom. The molecule has 1 heterocycles. The van der Waals surface area contributed by atoms with Crippen LogP contribution in [0, 0.1) is 0 Å². The quantitative estimate of drug-likeness (QED) is 0.496. The zero-order chi connectivity index (χ0) is 19.1. The van der Waals surface area contributed by atoms with Gasteiger partial charge in [-0.25, -0.2) is 0 Å². The van der Waals surface area contributed by atoms with Crippen molar-refractivity contribution < 1.29 is 4.74 Å². The van der Waals surface area contributed by atoms with E-state index in [-0.39, 0.29) is 0 Å². The number of aliphatic imine (C=N–C) groups is 1. The summed E-state index contributed by atoms with van der Waals surface area (Å²) >= 11 is 0. The van der Waals surface area contributed by atoms with Crippen molar-refractivity contribution in [2.24, 2.45) is 4.99 Å². The van der Waals surface area contributed by atoms with Gasteiger partial charge in [-0.15, -0.1) is 10.2 Å². The van der Waals surface area contributed by atoms with E-state index in [0.29, 0.717) is 6.54 Å². The zero-order valence-electron chi connectivity index (χ0n) is 16.1. The lowest BCUT2D eigenvalue weighted by Gasteiger charge is -2.13. The summed E-state index contributed by atoms with van der Waals surface area (Å²) < 4.78 is 7.33. The van der Waals surface area contributed by atoms with Crippen LogP contribution in [0.25, 0.3) is 10.8 Å². The molecule has 0 aliphatic rings. The Kier molecular flexibility index (Phi) is 6.25. The summed E-state index contributed by atoms with van der Waals surface area (Å²) in [5, 5.41) is 17.1. The van der Waals surface area contributed by atoms with Crippen molar-refractivity contribution in [1.29, 1.82) is 0 Å². The molecule has 0 bridgehead atoms. The maximum absolute atomic E-state index is 5.28. The molecule has 2 N–H and O–H groups in total. The number of nitrogens with zero attached hydrogens (tertiary/aromatic N) is 4. The van der Waals surface area contributed by atoms with Crippen LogP contribution < -0.4 is 15.4 Å². The monoisotopic (exact) mass is 366 g/mol. The van der Waals surface area contributed by atoms with Crippen molar-refractivity contribution in [2.75, 3.05) is 20.7 Å². The third-order valence-electron chi connectivity index (χ3n) is 4.45. The molecule has 7 nitrogen and oxygen atoms in total. The normalized spacial score (nSPS) is 11.6. The summed E-state index contributed by atoms with van der Waals surface area (Å²) in [5.41, 5.74) is 1.20. The lowest BCUT2D eigenvalue weighted by Crippen LogP contribution is -2.38. The number of benzene rings is 2. The third kappa shape index (κ3) is 4.75. The van der Waals surface area contributed by atoms with Gasteiger partial charge < -0.3 is 19.9 Å². The van der Waals surface area contributed by atoms with Crippen molar-refractivity contribution >= 4 is 16.7 Å². The van der Waals surface area contributed by atoms with Gasteiger partial charge in [0.15, 0.2) is 5.96 Å². The van der Waals surface area contributed by atoms with E-state index in [1.807, 2.05) is 12.1 Å². The molecular formula is C20H26N6O. The first-order valence-electron chi connectivity index (χ1n) is 9.11. The average molecular weight is 366 g/mol. The van der Waals surface area contributed by atoms with Gasteiger partial charge in [-0.3, -0.25) is 4.99 Å². The van der Waals surface area contributed by atoms with Crippen LogP contribution >= 0.6 is 0 Å². The molecule has 0 atom stereocenters. The van der Waals surface area contributed by atoms with Crippen LogP contribution in [0.5, 0.6) is 5.75 Å². The molecular weight excluding hydrogens is 340 g/mol. The van der Waals surface area contributed by atoms with Gasteiger partial charge in [0.2, 0.25) is 0 Å². The molecule has 0 aliphatic carbocycles. The Bertz CT molecular complexity index is 918. The van der Waals surface area contributed by atoms with Gasteiger partial charge >= 0.3 is 0 Å². The number of guanidine groups is 1. The molecule has 7 heteroatoms. The molecule has 1 aromatic heterocycles. The average Bonchev–Trinajstić information content (AvgIpc) is 3.17. The van der Waals surface area contributed by atoms with Crippen LogP contribution in [-0.4, -0.2) is 41.4 Å². The fourth-order valence-electron chi connectivity index (χ4n) is 2.95. The molecule has 27 heavy (non-hydrogen) atoms. The van der Waals surface area contributed by atoms with E-state index in [4.69, 9.17) is 4.74 Å². The summed E-state index contributed by atoms with van der Waals surface area (Å²) in [6, 6.07) is 12.5. The number of hydrogen-bond donors (Lipinski definition) is 2. The molecule has 0 saturated carbocycles. The summed E-state index contributed by atoms with van der Waals surface area (Å²) in [6.45, 7) is 4.33. The number of hydrogen-bond acceptors (Lipinski definition) is 4. The van der Waals surface area contributed by atoms with Crippen molar-refractivity contribution in [2.45, 2.75) is 26.4 Å². The van der Waals surface area contributed by atoms with E-state index in [2.05, 4.69) is 61.6 Å². The zero-order valence-corrected chi connectivity index (χ0v) is 16.1. The van der Waals surface area contributed by atoms with Crippen LogP contribution in [0.1, 0.15) is 18.3 Å². The standard InChI is InChI=1S/C20H26N6O/c1-4-19-25-24-14-26(19)10-9-22-20(21-2)23-13-15-5-6-17-12-18(27-3)8-7-16(17)11-15/h5-8,11-12,14H,4,9-10,13H2,1-3H3,(H2,21,22,23). The fraction of sp³-hybridized carbons (Fsp3) is 0.350. The predicted octanol–water partition coefficient (Wildman–Crippen LogP) is 2.37. The second-order valence-corrected chi connectivity index (χ2v) is 6.19. The Labute approximate surface area is 159 Å². The number of nitrogens with one attached hydrogen (secondary N) is 2. The molecule has 3 rings (SSSR count). The lowest BCUT2D eigenvalue weighted by molar-refractivity contribution is 0.415. The first-order chi connectivity index (χ1) is 13.2. The summed E-state index contributed by atoms with van der Waals surface area (Å²) in [6.07, 6.45) is 2.64. The maximum Gasteiger partial charge on any atom is 0.191 e. The molecule has 0 saturated heterocycles. The first-order valence-corrected chi connectivity index (χ1v) is 9.11. The number of rotatable bonds is 7. The summed E-state index contributed by atoms with van der Waals surface area (Å²) in [4.78, 5) is 4.29. The van der Waals surface area contributed by atoms with E-state index in [1.165, 1.54) is 16.3 Å². The van der Waals surface area contributed by atoms with Gasteiger partial charge in [0.1, 0.15) is 17.9 Å². The molecule has 0 aliphatic heterocycles. The highest BCUT2D eigenvalue weighted by atomic mass is 16.5. The predicted molar refractivity (Wildman–Crippen MR) is 108 cm³/mol. The topological polar surface area (TPSA) is 76.4 Å². The van der Waals surface area contributed by atoms with Gasteiger partial charge in [0.25, 0.3) is 0 Å². The first kappa shape index (κ1) is 18.7. The highest BCUT2D eigenvalue weighted by Crippen LogP contribution is 2.21. The number of aryl methyl sites for hydroxylation is 1. The van der Waals surface area contributed by atoms with E-state index in [1.54, 1.807) is 20.5 Å². The molecule has 0 spiro atoms.